The third-order valence-corrected chi connectivity index (χ3v) is 3.29. The van der Waals surface area contributed by atoms with E-state index in [-0.39, 0.29) is 6.04 Å². The molecule has 0 aliphatic rings. The number of nitrogens with one attached hydrogen (secondary N) is 2. The Morgan fingerprint density at radius 3 is 2.89 bits per heavy atom. The molecule has 0 fully saturated rings. The highest BCUT2D eigenvalue weighted by atomic mass is 32.2. The highest BCUT2D eigenvalue weighted by molar-refractivity contribution is 7.98. The number of benzene rings is 1. The van der Waals surface area contributed by atoms with E-state index in [2.05, 4.69) is 26.9 Å². The van der Waals surface area contributed by atoms with Gasteiger partial charge in [-0.3, -0.25) is 0 Å². The number of anilines is 2. The molecule has 0 radical (unpaired) electrons. The average molecular weight is 264 g/mol. The Balaban J connectivity index is 2.11. The molecule has 0 aliphatic carbocycles. The minimum atomic E-state index is 0.0468. The van der Waals surface area contributed by atoms with Crippen molar-refractivity contribution in [2.45, 2.75) is 17.9 Å². The maximum absolute atomic E-state index is 5.51. The molecule has 2 N–H and O–H groups in total. The summed E-state index contributed by atoms with van der Waals surface area (Å²) in [7, 11) is 1.85. The molecule has 1 heterocycles. The van der Waals surface area contributed by atoms with Crippen molar-refractivity contribution < 1.29 is 4.42 Å². The molecular formula is C12H16N4OS. The summed E-state index contributed by atoms with van der Waals surface area (Å²) in [5.74, 6) is 0.570. The maximum Gasteiger partial charge on any atom is 0.320 e. The van der Waals surface area contributed by atoms with E-state index >= 15 is 0 Å². The highest BCUT2D eigenvalue weighted by Crippen LogP contribution is 2.22. The molecule has 96 valence electrons. The number of aromatic nitrogens is 2. The summed E-state index contributed by atoms with van der Waals surface area (Å²) in [5, 5.41) is 14.1. The largest absolute Gasteiger partial charge is 0.406 e. The van der Waals surface area contributed by atoms with Crippen LogP contribution in [-0.4, -0.2) is 23.5 Å². The first-order valence-corrected chi connectivity index (χ1v) is 6.87. The summed E-state index contributed by atoms with van der Waals surface area (Å²) in [6.07, 6.45) is 2.04. The monoisotopic (exact) mass is 264 g/mol. The summed E-state index contributed by atoms with van der Waals surface area (Å²) >= 11 is 1.69. The van der Waals surface area contributed by atoms with Crippen LogP contribution in [0, 0.1) is 0 Å². The molecule has 0 amide bonds. The topological polar surface area (TPSA) is 63.0 Å². The number of thioether (sulfide) groups is 1. The maximum atomic E-state index is 5.51. The van der Waals surface area contributed by atoms with Crippen LogP contribution in [0.15, 0.2) is 33.6 Å². The molecule has 5 nitrogen and oxygen atoms in total. The van der Waals surface area contributed by atoms with E-state index < -0.39 is 0 Å². The Morgan fingerprint density at radius 2 is 2.17 bits per heavy atom. The molecule has 0 saturated carbocycles. The van der Waals surface area contributed by atoms with Gasteiger partial charge in [0, 0.05) is 10.6 Å². The highest BCUT2D eigenvalue weighted by Gasteiger charge is 2.11. The van der Waals surface area contributed by atoms with Crippen LogP contribution in [0.2, 0.25) is 0 Å². The quantitative estimate of drug-likeness (QED) is 0.810. The number of nitrogens with zero attached hydrogens (tertiary/aromatic N) is 2. The molecule has 1 unspecified atom stereocenters. The molecule has 18 heavy (non-hydrogen) atoms. The average Bonchev–Trinajstić information content (AvgIpc) is 2.86. The molecule has 1 atom stereocenters. The molecule has 0 saturated heterocycles. The molecule has 2 rings (SSSR count). The van der Waals surface area contributed by atoms with Gasteiger partial charge < -0.3 is 15.1 Å². The van der Waals surface area contributed by atoms with Gasteiger partial charge in [0.2, 0.25) is 5.89 Å². The van der Waals surface area contributed by atoms with Crippen LogP contribution in [0.25, 0.3) is 0 Å². The number of hydrogen-bond donors (Lipinski definition) is 2. The van der Waals surface area contributed by atoms with E-state index in [4.69, 9.17) is 4.42 Å². The minimum Gasteiger partial charge on any atom is -0.406 e. The van der Waals surface area contributed by atoms with E-state index in [1.807, 2.05) is 38.4 Å². The van der Waals surface area contributed by atoms with E-state index in [0.29, 0.717) is 11.9 Å². The van der Waals surface area contributed by atoms with Gasteiger partial charge in [0.15, 0.2) is 0 Å². The lowest BCUT2D eigenvalue weighted by Gasteiger charge is -2.04. The molecule has 0 bridgehead atoms. The van der Waals surface area contributed by atoms with Gasteiger partial charge in [-0.1, -0.05) is 11.2 Å². The molecule has 1 aromatic heterocycles. The molecular weight excluding hydrogens is 248 g/mol. The smallest absolute Gasteiger partial charge is 0.320 e. The van der Waals surface area contributed by atoms with Gasteiger partial charge in [0.25, 0.3) is 0 Å². The van der Waals surface area contributed by atoms with Crippen molar-refractivity contribution in [3.63, 3.8) is 0 Å². The summed E-state index contributed by atoms with van der Waals surface area (Å²) in [4.78, 5) is 1.18. The molecule has 1 aromatic carbocycles. The Bertz CT molecular complexity index is 514. The van der Waals surface area contributed by atoms with Gasteiger partial charge in [-0.15, -0.1) is 16.9 Å². The van der Waals surface area contributed by atoms with Gasteiger partial charge in [0.1, 0.15) is 0 Å². The summed E-state index contributed by atoms with van der Waals surface area (Å²) < 4.78 is 5.51. The van der Waals surface area contributed by atoms with Crippen LogP contribution < -0.4 is 10.6 Å². The standard InChI is InChI=1S/C12H16N4OS/c1-8(13-2)11-15-16-12(17-11)14-9-5-4-6-10(7-9)18-3/h4-8,13H,1-3H3,(H,14,16). The van der Waals surface area contributed by atoms with E-state index in [1.165, 1.54) is 4.90 Å². The lowest BCUT2D eigenvalue weighted by atomic mass is 10.3. The molecule has 0 spiro atoms. The van der Waals surface area contributed by atoms with Gasteiger partial charge in [-0.05, 0) is 38.4 Å². The minimum absolute atomic E-state index is 0.0468. The molecule has 0 aliphatic heterocycles. The van der Waals surface area contributed by atoms with Crippen LogP contribution >= 0.6 is 11.8 Å². The van der Waals surface area contributed by atoms with Crippen molar-refractivity contribution in [3.05, 3.63) is 30.2 Å². The van der Waals surface area contributed by atoms with Crippen molar-refractivity contribution >= 4 is 23.5 Å². The molecule has 6 heteroatoms. The fourth-order valence-electron chi connectivity index (χ4n) is 1.41. The van der Waals surface area contributed by atoms with Gasteiger partial charge in [-0.2, -0.15) is 0 Å². The Morgan fingerprint density at radius 1 is 1.33 bits per heavy atom. The van der Waals surface area contributed by atoms with Crippen LogP contribution in [0.5, 0.6) is 0 Å². The zero-order chi connectivity index (χ0) is 13.0. The third kappa shape index (κ3) is 3.02. The van der Waals surface area contributed by atoms with Crippen LogP contribution in [0.3, 0.4) is 0 Å². The second-order valence-corrected chi connectivity index (χ2v) is 4.69. The third-order valence-electron chi connectivity index (χ3n) is 2.57. The van der Waals surface area contributed by atoms with Crippen molar-refractivity contribution in [2.75, 3.05) is 18.6 Å². The summed E-state index contributed by atoms with van der Waals surface area (Å²) in [6.45, 7) is 1.96. The van der Waals surface area contributed by atoms with Gasteiger partial charge in [-0.25, -0.2) is 0 Å². The van der Waals surface area contributed by atoms with Crippen LogP contribution in [0.1, 0.15) is 18.9 Å². The number of rotatable bonds is 5. The van der Waals surface area contributed by atoms with Crippen molar-refractivity contribution in [2.24, 2.45) is 0 Å². The van der Waals surface area contributed by atoms with E-state index in [0.717, 1.165) is 5.69 Å². The zero-order valence-electron chi connectivity index (χ0n) is 10.6. The Hall–Kier alpha value is -1.53. The normalized spacial score (nSPS) is 12.4. The Labute approximate surface area is 110 Å². The SMILES string of the molecule is CNC(C)c1nnc(Nc2cccc(SC)c2)o1. The van der Waals surface area contributed by atoms with Gasteiger partial charge >= 0.3 is 6.01 Å². The first-order chi connectivity index (χ1) is 8.72. The number of hydrogen-bond acceptors (Lipinski definition) is 6. The second-order valence-electron chi connectivity index (χ2n) is 3.81. The zero-order valence-corrected chi connectivity index (χ0v) is 11.4. The predicted octanol–water partition coefficient (Wildman–Crippen LogP) is 2.82. The van der Waals surface area contributed by atoms with Crippen molar-refractivity contribution in [1.29, 1.82) is 0 Å². The van der Waals surface area contributed by atoms with Crippen molar-refractivity contribution in [3.8, 4) is 0 Å². The fraction of sp³-hybridized carbons (Fsp3) is 0.333. The van der Waals surface area contributed by atoms with Gasteiger partial charge in [0.05, 0.1) is 6.04 Å². The lowest BCUT2D eigenvalue weighted by Crippen LogP contribution is -2.12. The fourth-order valence-corrected chi connectivity index (χ4v) is 1.87. The lowest BCUT2D eigenvalue weighted by molar-refractivity contribution is 0.443. The first-order valence-electron chi connectivity index (χ1n) is 5.64. The van der Waals surface area contributed by atoms with Crippen LogP contribution in [-0.2, 0) is 0 Å². The summed E-state index contributed by atoms with van der Waals surface area (Å²) in [6, 6.07) is 8.50. The second kappa shape index (κ2) is 5.88. The Kier molecular flexibility index (Phi) is 4.22. The molecule has 2 aromatic rings. The van der Waals surface area contributed by atoms with E-state index in [1.54, 1.807) is 11.8 Å². The van der Waals surface area contributed by atoms with E-state index in [9.17, 15) is 0 Å². The van der Waals surface area contributed by atoms with Crippen molar-refractivity contribution in [1.82, 2.24) is 15.5 Å². The predicted molar refractivity (Wildman–Crippen MR) is 73.3 cm³/mol. The summed E-state index contributed by atoms with van der Waals surface area (Å²) in [5.41, 5.74) is 0.939. The first kappa shape index (κ1) is 12.9. The van der Waals surface area contributed by atoms with Crippen LogP contribution in [0.4, 0.5) is 11.7 Å².